The molecule has 4 aliphatic rings. The Bertz CT molecular complexity index is 3400. The Hall–Kier alpha value is -6.80. The van der Waals surface area contributed by atoms with Gasteiger partial charge in [0.15, 0.2) is 22.9 Å². The lowest BCUT2D eigenvalue weighted by atomic mass is 10.0. The standard InChI is InChI=1S/C49H50ClF3N14O3/c1-62-43-35(59-45(62)37-14-27-9-10-39(70-49(52)53)61-41(27)66(37)20-25-5-6-25)13-29(18-56-43)48(69)65-22-30(51)15-32(24-65)58-36-19-57-42-33(40(36)50)16-38(67(42)21-26-7-8-26)46-60-34-12-28(17-55-44(34)63(46)2)47(68)64-11-3-4-31(54)23-64/h9-10,12-14,16-19,25-26,30-32,49,58H,3-8,11,15,20-24,54H2,1-2H3/t30-,31-,32-/m1/s1. The van der Waals surface area contributed by atoms with Crippen LogP contribution in [0.4, 0.5) is 18.9 Å². The van der Waals surface area contributed by atoms with Crippen molar-refractivity contribution >= 4 is 73.5 Å². The zero-order valence-electron chi connectivity index (χ0n) is 38.5. The van der Waals surface area contributed by atoms with E-state index in [1.54, 1.807) is 35.5 Å². The van der Waals surface area contributed by atoms with E-state index in [1.165, 1.54) is 17.2 Å². The van der Waals surface area contributed by atoms with Gasteiger partial charge in [0.05, 0.1) is 46.0 Å². The zero-order valence-corrected chi connectivity index (χ0v) is 39.3. The van der Waals surface area contributed by atoms with E-state index in [9.17, 15) is 18.4 Å². The summed E-state index contributed by atoms with van der Waals surface area (Å²) in [4.78, 5) is 59.6. The second kappa shape index (κ2) is 17.3. The Morgan fingerprint density at radius 1 is 0.771 bits per heavy atom. The van der Waals surface area contributed by atoms with Crippen LogP contribution in [0.1, 0.15) is 65.7 Å². The van der Waals surface area contributed by atoms with Crippen LogP contribution in [-0.4, -0.2) is 121 Å². The van der Waals surface area contributed by atoms with Gasteiger partial charge in [0.25, 0.3) is 11.8 Å². The molecule has 10 heterocycles. The number of pyridine rings is 4. The van der Waals surface area contributed by atoms with E-state index in [0.29, 0.717) is 98.4 Å². The largest absolute Gasteiger partial charge is 0.417 e. The molecule has 2 amide bonds. The number of amides is 2. The lowest BCUT2D eigenvalue weighted by Crippen LogP contribution is -2.49. The molecule has 2 saturated carbocycles. The molecule has 8 aromatic heterocycles. The van der Waals surface area contributed by atoms with Crippen molar-refractivity contribution in [2.75, 3.05) is 31.5 Å². The van der Waals surface area contributed by atoms with Gasteiger partial charge in [-0.3, -0.25) is 9.59 Å². The summed E-state index contributed by atoms with van der Waals surface area (Å²) in [5.41, 5.74) is 12.4. The highest BCUT2D eigenvalue weighted by Crippen LogP contribution is 2.41. The number of aryl methyl sites for hydroxylation is 2. The first kappa shape index (κ1) is 44.4. The number of nitrogens with two attached hydrogens (primary N) is 1. The fourth-order valence-corrected chi connectivity index (χ4v) is 10.6. The fourth-order valence-electron chi connectivity index (χ4n) is 10.3. The van der Waals surface area contributed by atoms with E-state index in [0.717, 1.165) is 61.8 Å². The van der Waals surface area contributed by atoms with Crippen molar-refractivity contribution in [2.24, 2.45) is 31.7 Å². The third kappa shape index (κ3) is 8.13. The molecule has 2 aliphatic heterocycles. The maximum absolute atomic E-state index is 15.7. The third-order valence-electron chi connectivity index (χ3n) is 14.2. The normalized spacial score (nSPS) is 19.9. The van der Waals surface area contributed by atoms with Crippen LogP contribution >= 0.6 is 11.6 Å². The molecular weight excluding hydrogens is 925 g/mol. The summed E-state index contributed by atoms with van der Waals surface area (Å²) in [6.07, 6.45) is 9.65. The molecular formula is C49H50ClF3N14O3. The minimum atomic E-state index is -3.00. The van der Waals surface area contributed by atoms with E-state index in [4.69, 9.17) is 32.3 Å². The van der Waals surface area contributed by atoms with Crippen LogP contribution in [0.25, 0.3) is 67.4 Å². The number of nitrogens with zero attached hydrogens (tertiary/aromatic N) is 12. The second-order valence-corrected chi connectivity index (χ2v) is 19.9. The number of carbonyl (C=O) groups is 2. The molecule has 70 heavy (non-hydrogen) atoms. The van der Waals surface area contributed by atoms with Crippen LogP contribution in [0, 0.1) is 11.8 Å². The Morgan fingerprint density at radius 3 is 2.01 bits per heavy atom. The Morgan fingerprint density at radius 2 is 1.39 bits per heavy atom. The number of anilines is 1. The van der Waals surface area contributed by atoms with Crippen LogP contribution in [0.15, 0.2) is 55.0 Å². The highest BCUT2D eigenvalue weighted by atomic mass is 35.5. The van der Waals surface area contributed by atoms with Gasteiger partial charge in [0.2, 0.25) is 5.88 Å². The number of rotatable bonds is 12. The smallest absolute Gasteiger partial charge is 0.388 e. The summed E-state index contributed by atoms with van der Waals surface area (Å²) in [6, 6.07) is 9.95. The van der Waals surface area contributed by atoms with Crippen molar-refractivity contribution in [1.29, 1.82) is 0 Å². The Kier molecular flexibility index (Phi) is 10.9. The van der Waals surface area contributed by atoms with Crippen LogP contribution in [-0.2, 0) is 27.2 Å². The first-order valence-corrected chi connectivity index (χ1v) is 24.2. The molecule has 0 aromatic carbocycles. The molecule has 3 atom stereocenters. The van der Waals surface area contributed by atoms with Gasteiger partial charge < -0.3 is 43.9 Å². The van der Waals surface area contributed by atoms with Crippen molar-refractivity contribution in [3.05, 3.63) is 71.1 Å². The van der Waals surface area contributed by atoms with Gasteiger partial charge in [-0.25, -0.2) is 29.3 Å². The van der Waals surface area contributed by atoms with E-state index in [1.807, 2.05) is 39.9 Å². The second-order valence-electron chi connectivity index (χ2n) is 19.5. The van der Waals surface area contributed by atoms with Crippen LogP contribution in [0.2, 0.25) is 5.02 Å². The number of nitrogens with one attached hydrogen (secondary N) is 1. The number of imidazole rings is 2. The number of carbonyl (C=O) groups excluding carboxylic acids is 2. The number of piperidine rings is 2. The lowest BCUT2D eigenvalue weighted by Gasteiger charge is -2.35. The highest BCUT2D eigenvalue weighted by Gasteiger charge is 2.34. The fraction of sp³-hybridized carbons (Fsp3) is 0.429. The first-order valence-electron chi connectivity index (χ1n) is 23.9. The molecule has 8 aromatic rings. The minimum Gasteiger partial charge on any atom is -0.417 e. The maximum Gasteiger partial charge on any atom is 0.388 e. The predicted molar refractivity (Wildman–Crippen MR) is 258 cm³/mol. The highest BCUT2D eigenvalue weighted by molar-refractivity contribution is 6.38. The number of ether oxygens (including phenoxy) is 1. The summed E-state index contributed by atoms with van der Waals surface area (Å²) < 4.78 is 54.4. The van der Waals surface area contributed by atoms with Crippen molar-refractivity contribution < 1.29 is 27.5 Å². The van der Waals surface area contributed by atoms with Gasteiger partial charge in [-0.2, -0.15) is 13.8 Å². The third-order valence-corrected chi connectivity index (χ3v) is 14.6. The number of alkyl halides is 3. The molecule has 0 unspecified atom stereocenters. The average molecular weight is 975 g/mol. The Labute approximate surface area is 403 Å². The molecule has 4 fully saturated rings. The SMILES string of the molecule is Cn1c(-c2cc3ccc(OC(F)F)nc3n2CC2CC2)nc2cc(C(=O)N3C[C@H](F)C[C@@H](Nc4cnc5c(cc(-c6nc7cc(C(=O)N8CCC[C@@H](N)C8)cnc7n6C)n5CC5CC5)c4Cl)C3)cnc21. The molecule has 0 bridgehead atoms. The number of likely N-dealkylation sites (tertiary alicyclic amines) is 2. The maximum atomic E-state index is 15.7. The van der Waals surface area contributed by atoms with E-state index >= 15 is 4.39 Å². The molecule has 2 saturated heterocycles. The summed E-state index contributed by atoms with van der Waals surface area (Å²) >= 11 is 7.24. The topological polar surface area (TPSA) is 185 Å². The van der Waals surface area contributed by atoms with E-state index in [-0.39, 0.29) is 48.8 Å². The Balaban J connectivity index is 0.803. The summed E-state index contributed by atoms with van der Waals surface area (Å²) in [6.45, 7) is -0.386. The summed E-state index contributed by atoms with van der Waals surface area (Å²) in [7, 11) is 3.73. The molecule has 362 valence electrons. The van der Waals surface area contributed by atoms with Gasteiger partial charge in [-0.1, -0.05) is 11.6 Å². The van der Waals surface area contributed by atoms with Gasteiger partial charge in [-0.05, 0) is 80.7 Å². The first-order chi connectivity index (χ1) is 33.8. The molecule has 3 N–H and O–H groups in total. The minimum absolute atomic E-state index is 0.0422. The number of fused-ring (bicyclic) bond motifs is 4. The number of aromatic nitrogens is 10. The summed E-state index contributed by atoms with van der Waals surface area (Å²) in [5, 5.41) is 5.28. The van der Waals surface area contributed by atoms with E-state index < -0.39 is 18.8 Å². The molecule has 21 heteroatoms. The molecule has 12 rings (SSSR count). The van der Waals surface area contributed by atoms with Crippen LogP contribution in [0.5, 0.6) is 5.88 Å². The number of hydrogen-bond acceptors (Lipinski definition) is 11. The molecule has 17 nitrogen and oxygen atoms in total. The van der Waals surface area contributed by atoms with Crippen molar-refractivity contribution in [3.8, 4) is 28.9 Å². The van der Waals surface area contributed by atoms with Gasteiger partial charge >= 0.3 is 6.61 Å². The molecule has 2 aliphatic carbocycles. The summed E-state index contributed by atoms with van der Waals surface area (Å²) in [5.74, 6) is 1.46. The predicted octanol–water partition coefficient (Wildman–Crippen LogP) is 7.59. The molecule has 0 radical (unpaired) electrons. The number of halogens is 4. The van der Waals surface area contributed by atoms with Gasteiger partial charge in [0, 0.05) is 94.6 Å². The molecule has 0 spiro atoms. The zero-order chi connectivity index (χ0) is 48.1. The van der Waals surface area contributed by atoms with Crippen molar-refractivity contribution in [1.82, 2.24) is 58.0 Å². The van der Waals surface area contributed by atoms with Gasteiger partial charge in [-0.15, -0.1) is 0 Å². The van der Waals surface area contributed by atoms with E-state index in [2.05, 4.69) is 29.6 Å². The quantitative estimate of drug-likeness (QED) is 0.123. The van der Waals surface area contributed by atoms with Crippen LogP contribution in [0.3, 0.4) is 0 Å². The number of hydrogen-bond donors (Lipinski definition) is 2. The monoisotopic (exact) mass is 974 g/mol. The van der Waals surface area contributed by atoms with Crippen molar-refractivity contribution in [3.63, 3.8) is 0 Å². The van der Waals surface area contributed by atoms with Crippen molar-refractivity contribution in [2.45, 2.75) is 82.9 Å². The lowest BCUT2D eigenvalue weighted by molar-refractivity contribution is -0.0526. The average Bonchev–Trinajstić information content (AvgIpc) is 4.23. The van der Waals surface area contributed by atoms with Gasteiger partial charge in [0.1, 0.15) is 28.5 Å². The van der Waals surface area contributed by atoms with Crippen LogP contribution < -0.4 is 15.8 Å².